The molecule has 6 heteroatoms. The summed E-state index contributed by atoms with van der Waals surface area (Å²) in [7, 11) is 0. The maximum atomic E-state index is 12.1. The first-order valence-corrected chi connectivity index (χ1v) is 9.16. The van der Waals surface area contributed by atoms with E-state index in [1.165, 1.54) is 43.4 Å². The molecule has 118 valence electrons. The van der Waals surface area contributed by atoms with Crippen LogP contribution in [0.5, 0.6) is 0 Å². The molecule has 0 bridgehead atoms. The van der Waals surface area contributed by atoms with E-state index in [0.29, 0.717) is 0 Å². The van der Waals surface area contributed by atoms with E-state index in [0.717, 1.165) is 48.4 Å². The van der Waals surface area contributed by atoms with Gasteiger partial charge in [-0.3, -0.25) is 14.7 Å². The van der Waals surface area contributed by atoms with Crippen LogP contribution in [0.1, 0.15) is 32.1 Å². The highest BCUT2D eigenvalue weighted by atomic mass is 32.1. The van der Waals surface area contributed by atoms with Crippen molar-refractivity contribution >= 4 is 27.5 Å². The summed E-state index contributed by atoms with van der Waals surface area (Å²) in [6, 6.07) is 2.71. The largest absolute Gasteiger partial charge is 0.340 e. The van der Waals surface area contributed by atoms with E-state index in [1.807, 2.05) is 11.4 Å². The first-order valence-electron chi connectivity index (χ1n) is 8.28. The van der Waals surface area contributed by atoms with Gasteiger partial charge in [0.1, 0.15) is 4.70 Å². The van der Waals surface area contributed by atoms with E-state index in [2.05, 4.69) is 19.8 Å². The molecule has 2 aromatic heterocycles. The number of H-pyrrole nitrogens is 1. The van der Waals surface area contributed by atoms with E-state index in [4.69, 9.17) is 0 Å². The van der Waals surface area contributed by atoms with Gasteiger partial charge < -0.3 is 4.90 Å². The Bertz CT molecular complexity index is 695. The van der Waals surface area contributed by atoms with Crippen molar-refractivity contribution in [3.63, 3.8) is 0 Å². The van der Waals surface area contributed by atoms with Crippen LogP contribution in [0, 0.1) is 0 Å². The van der Waals surface area contributed by atoms with E-state index in [1.54, 1.807) is 0 Å². The smallest absolute Gasteiger partial charge is 0.270 e. The van der Waals surface area contributed by atoms with Gasteiger partial charge in [-0.2, -0.15) is 0 Å². The number of thiophene rings is 1. The van der Waals surface area contributed by atoms with Crippen LogP contribution in [-0.2, 0) is 0 Å². The van der Waals surface area contributed by atoms with Crippen LogP contribution in [0.15, 0.2) is 16.2 Å². The number of hydrogen-bond acceptors (Lipinski definition) is 5. The molecule has 1 saturated heterocycles. The van der Waals surface area contributed by atoms with Crippen molar-refractivity contribution in [2.45, 2.75) is 38.1 Å². The van der Waals surface area contributed by atoms with Crippen LogP contribution in [0.2, 0.25) is 0 Å². The van der Waals surface area contributed by atoms with Crippen molar-refractivity contribution < 1.29 is 0 Å². The van der Waals surface area contributed by atoms with Gasteiger partial charge in [-0.15, -0.1) is 11.3 Å². The van der Waals surface area contributed by atoms with E-state index < -0.39 is 0 Å². The second-order valence-electron chi connectivity index (χ2n) is 6.34. The number of aromatic nitrogens is 2. The van der Waals surface area contributed by atoms with Gasteiger partial charge in [0.2, 0.25) is 5.95 Å². The Kier molecular flexibility index (Phi) is 3.88. The molecule has 5 nitrogen and oxygen atoms in total. The molecular formula is C16H22N4OS. The van der Waals surface area contributed by atoms with Crippen molar-refractivity contribution in [3.8, 4) is 0 Å². The Hall–Kier alpha value is -1.40. The van der Waals surface area contributed by atoms with Crippen LogP contribution < -0.4 is 10.5 Å². The molecule has 1 aliphatic heterocycles. The zero-order valence-electron chi connectivity index (χ0n) is 12.8. The van der Waals surface area contributed by atoms with Gasteiger partial charge in [0.05, 0.1) is 5.52 Å². The zero-order chi connectivity index (χ0) is 14.9. The maximum absolute atomic E-state index is 12.1. The Labute approximate surface area is 134 Å². The average molecular weight is 318 g/mol. The Balaban J connectivity index is 1.47. The van der Waals surface area contributed by atoms with E-state index in [-0.39, 0.29) is 5.56 Å². The molecule has 2 fully saturated rings. The van der Waals surface area contributed by atoms with Gasteiger partial charge >= 0.3 is 0 Å². The second-order valence-corrected chi connectivity index (χ2v) is 7.26. The summed E-state index contributed by atoms with van der Waals surface area (Å²) in [5, 5.41) is 1.93. The second kappa shape index (κ2) is 6.01. The van der Waals surface area contributed by atoms with Gasteiger partial charge in [-0.25, -0.2) is 4.98 Å². The third-order valence-corrected chi connectivity index (χ3v) is 5.91. The molecule has 0 atom stereocenters. The lowest BCUT2D eigenvalue weighted by atomic mass is 9.94. The Morgan fingerprint density at radius 2 is 1.91 bits per heavy atom. The predicted molar refractivity (Wildman–Crippen MR) is 90.9 cm³/mol. The number of hydrogen-bond donors (Lipinski definition) is 1. The standard InChI is InChI=1S/C16H22N4OS/c21-15-14-13(6-11-22-14)17-16(18-15)20-9-7-19(8-10-20)12-4-2-1-3-5-12/h6,11-12H,1-5,7-10H2,(H,17,18,21). The lowest BCUT2D eigenvalue weighted by Gasteiger charge is -2.40. The fraction of sp³-hybridized carbons (Fsp3) is 0.625. The molecule has 2 aliphatic rings. The summed E-state index contributed by atoms with van der Waals surface area (Å²) in [5.74, 6) is 0.735. The molecule has 0 aromatic carbocycles. The third-order valence-electron chi connectivity index (χ3n) is 5.01. The minimum Gasteiger partial charge on any atom is -0.340 e. The number of piperazine rings is 1. The van der Waals surface area contributed by atoms with Crippen LogP contribution in [-0.4, -0.2) is 47.1 Å². The Morgan fingerprint density at radius 1 is 1.14 bits per heavy atom. The topological polar surface area (TPSA) is 52.2 Å². The molecule has 22 heavy (non-hydrogen) atoms. The highest BCUT2D eigenvalue weighted by Crippen LogP contribution is 2.24. The average Bonchev–Trinajstić information content (AvgIpc) is 3.05. The summed E-state index contributed by atoms with van der Waals surface area (Å²) < 4.78 is 0.726. The summed E-state index contributed by atoms with van der Waals surface area (Å²) in [6.07, 6.45) is 6.89. The third kappa shape index (κ3) is 2.65. The molecule has 0 spiro atoms. The summed E-state index contributed by atoms with van der Waals surface area (Å²) in [6.45, 7) is 4.07. The van der Waals surface area contributed by atoms with Crippen molar-refractivity contribution in [1.29, 1.82) is 0 Å². The van der Waals surface area contributed by atoms with Crippen LogP contribution in [0.4, 0.5) is 5.95 Å². The van der Waals surface area contributed by atoms with Gasteiger partial charge in [0.25, 0.3) is 5.56 Å². The molecule has 1 saturated carbocycles. The number of aromatic amines is 1. The van der Waals surface area contributed by atoms with E-state index in [9.17, 15) is 4.79 Å². The van der Waals surface area contributed by atoms with Gasteiger partial charge in [-0.05, 0) is 24.3 Å². The predicted octanol–water partition coefficient (Wildman–Crippen LogP) is 2.44. The molecule has 0 unspecified atom stereocenters. The van der Waals surface area contributed by atoms with Crippen molar-refractivity contribution in [2.24, 2.45) is 0 Å². The highest BCUT2D eigenvalue weighted by molar-refractivity contribution is 7.17. The van der Waals surface area contributed by atoms with E-state index >= 15 is 0 Å². The molecule has 0 amide bonds. The van der Waals surface area contributed by atoms with Crippen molar-refractivity contribution in [3.05, 3.63) is 21.8 Å². The van der Waals surface area contributed by atoms with Gasteiger partial charge in [0, 0.05) is 32.2 Å². The van der Waals surface area contributed by atoms with Crippen LogP contribution in [0.3, 0.4) is 0 Å². The lowest BCUT2D eigenvalue weighted by molar-refractivity contribution is 0.147. The number of fused-ring (bicyclic) bond motifs is 1. The SMILES string of the molecule is O=c1[nH]c(N2CCN(C3CCCCC3)CC2)nc2ccsc12. The fourth-order valence-electron chi connectivity index (χ4n) is 3.76. The lowest BCUT2D eigenvalue weighted by Crippen LogP contribution is -2.51. The van der Waals surface area contributed by atoms with Crippen LogP contribution in [0.25, 0.3) is 10.2 Å². The first-order chi connectivity index (χ1) is 10.8. The molecule has 2 aromatic rings. The Morgan fingerprint density at radius 3 is 2.68 bits per heavy atom. The maximum Gasteiger partial charge on any atom is 0.270 e. The molecule has 3 heterocycles. The number of nitrogens with one attached hydrogen (secondary N) is 1. The number of nitrogens with zero attached hydrogens (tertiary/aromatic N) is 3. The number of rotatable bonds is 2. The minimum atomic E-state index is -0.00953. The molecule has 4 rings (SSSR count). The quantitative estimate of drug-likeness (QED) is 0.924. The first kappa shape index (κ1) is 14.2. The minimum absolute atomic E-state index is 0.00953. The van der Waals surface area contributed by atoms with Crippen LogP contribution >= 0.6 is 11.3 Å². The summed E-state index contributed by atoms with van der Waals surface area (Å²) in [4.78, 5) is 24.5. The van der Waals surface area contributed by atoms with Gasteiger partial charge in [-0.1, -0.05) is 19.3 Å². The molecule has 1 aliphatic carbocycles. The van der Waals surface area contributed by atoms with Gasteiger partial charge in [0.15, 0.2) is 0 Å². The summed E-state index contributed by atoms with van der Waals surface area (Å²) in [5.41, 5.74) is 0.808. The monoisotopic (exact) mass is 318 g/mol. The number of anilines is 1. The normalized spacial score (nSPS) is 21.5. The van der Waals surface area contributed by atoms with Crippen molar-refractivity contribution in [2.75, 3.05) is 31.1 Å². The molecular weight excluding hydrogens is 296 g/mol. The zero-order valence-corrected chi connectivity index (χ0v) is 13.6. The fourth-order valence-corrected chi connectivity index (χ4v) is 4.48. The summed E-state index contributed by atoms with van der Waals surface area (Å²) >= 11 is 1.46. The highest BCUT2D eigenvalue weighted by Gasteiger charge is 2.26. The molecule has 0 radical (unpaired) electrons. The van der Waals surface area contributed by atoms with Crippen molar-refractivity contribution in [1.82, 2.24) is 14.9 Å². The molecule has 1 N–H and O–H groups in total.